The topological polar surface area (TPSA) is 213 Å². The Morgan fingerprint density at radius 1 is 0.833 bits per heavy atom. The number of hydrogen-bond donors (Lipinski definition) is 8. The number of unbranched alkanes of at least 4 members (excludes halogenated alkanes) is 1. The van der Waals surface area contributed by atoms with Gasteiger partial charge in [0.2, 0.25) is 17.7 Å². The number of carbonyl (C=O) groups is 4. The van der Waals surface area contributed by atoms with Crippen LogP contribution in [0.15, 0.2) is 60.8 Å². The van der Waals surface area contributed by atoms with Crippen LogP contribution in [0.4, 0.5) is 0 Å². The summed E-state index contributed by atoms with van der Waals surface area (Å²) < 4.78 is 0. The lowest BCUT2D eigenvalue weighted by atomic mass is 10.0. The molecule has 5 atom stereocenters. The number of fused-ring (bicyclic) bond motifs is 1. The van der Waals surface area contributed by atoms with Crippen molar-refractivity contribution in [3.05, 3.63) is 71.9 Å². The highest BCUT2D eigenvalue weighted by molar-refractivity contribution is 5.95. The number of aliphatic carboxylic acids is 1. The van der Waals surface area contributed by atoms with Crippen molar-refractivity contribution in [1.82, 2.24) is 20.9 Å². The number of rotatable bonds is 16. The fourth-order valence-electron chi connectivity index (χ4n) is 4.57. The van der Waals surface area contributed by atoms with Gasteiger partial charge >= 0.3 is 5.97 Å². The molecule has 0 saturated carbocycles. The second-order valence-corrected chi connectivity index (χ2v) is 10.3. The van der Waals surface area contributed by atoms with Gasteiger partial charge in [-0.25, -0.2) is 4.79 Å². The zero-order chi connectivity index (χ0) is 30.6. The molecule has 226 valence electrons. The molecule has 12 heteroatoms. The van der Waals surface area contributed by atoms with Crippen LogP contribution in [0.25, 0.3) is 10.9 Å². The van der Waals surface area contributed by atoms with E-state index in [2.05, 4.69) is 20.9 Å². The number of H-pyrrole nitrogens is 1. The quantitative estimate of drug-likeness (QED) is 0.110. The van der Waals surface area contributed by atoms with Gasteiger partial charge in [0.15, 0.2) is 0 Å². The minimum Gasteiger partial charge on any atom is -0.480 e. The van der Waals surface area contributed by atoms with Gasteiger partial charge in [0.05, 0.1) is 6.10 Å². The van der Waals surface area contributed by atoms with Crippen LogP contribution in [0.3, 0.4) is 0 Å². The molecule has 0 aliphatic carbocycles. The molecule has 12 nitrogen and oxygen atoms in total. The van der Waals surface area contributed by atoms with E-state index in [-0.39, 0.29) is 19.3 Å². The maximum atomic E-state index is 13.7. The molecule has 0 aliphatic rings. The number of para-hydroxylation sites is 1. The van der Waals surface area contributed by atoms with E-state index < -0.39 is 54.0 Å². The molecule has 3 amide bonds. The number of carbonyl (C=O) groups excluding carboxylic acids is 3. The molecule has 10 N–H and O–H groups in total. The van der Waals surface area contributed by atoms with Gasteiger partial charge in [0.25, 0.3) is 0 Å². The van der Waals surface area contributed by atoms with Crippen molar-refractivity contribution < 1.29 is 29.4 Å². The maximum absolute atomic E-state index is 13.7. The van der Waals surface area contributed by atoms with Crippen molar-refractivity contribution in [3.63, 3.8) is 0 Å². The van der Waals surface area contributed by atoms with E-state index in [0.29, 0.717) is 19.4 Å². The monoisotopic (exact) mass is 580 g/mol. The predicted molar refractivity (Wildman–Crippen MR) is 158 cm³/mol. The van der Waals surface area contributed by atoms with Crippen LogP contribution in [-0.4, -0.2) is 75.7 Å². The van der Waals surface area contributed by atoms with E-state index in [1.807, 2.05) is 30.3 Å². The highest BCUT2D eigenvalue weighted by Crippen LogP contribution is 2.19. The Bertz CT molecular complexity index is 1340. The highest BCUT2D eigenvalue weighted by atomic mass is 16.4. The molecule has 1 heterocycles. The Morgan fingerprint density at radius 2 is 1.43 bits per heavy atom. The Hall–Kier alpha value is -4.26. The van der Waals surface area contributed by atoms with Gasteiger partial charge in [0.1, 0.15) is 24.2 Å². The maximum Gasteiger partial charge on any atom is 0.326 e. The van der Waals surface area contributed by atoms with E-state index in [1.54, 1.807) is 30.5 Å². The van der Waals surface area contributed by atoms with Gasteiger partial charge in [-0.2, -0.15) is 0 Å². The molecule has 1 aromatic heterocycles. The first kappa shape index (κ1) is 32.3. The molecule has 0 bridgehead atoms. The minimum absolute atomic E-state index is 0.0602. The number of nitrogens with one attached hydrogen (secondary N) is 4. The van der Waals surface area contributed by atoms with Crippen LogP contribution in [-0.2, 0) is 32.0 Å². The number of benzene rings is 2. The lowest BCUT2D eigenvalue weighted by Gasteiger charge is -2.26. The van der Waals surface area contributed by atoms with Crippen LogP contribution in [0.5, 0.6) is 0 Å². The first-order valence-corrected chi connectivity index (χ1v) is 14.0. The number of hydrogen-bond acceptors (Lipinski definition) is 7. The predicted octanol–water partition coefficient (Wildman–Crippen LogP) is 0.329. The fourth-order valence-corrected chi connectivity index (χ4v) is 4.57. The summed E-state index contributed by atoms with van der Waals surface area (Å²) in [5.41, 5.74) is 13.7. The molecule has 3 aromatic rings. The molecule has 0 spiro atoms. The minimum atomic E-state index is -1.28. The lowest BCUT2D eigenvalue weighted by Crippen LogP contribution is -2.59. The van der Waals surface area contributed by atoms with E-state index >= 15 is 0 Å². The van der Waals surface area contributed by atoms with Crippen LogP contribution >= 0.6 is 0 Å². The van der Waals surface area contributed by atoms with Crippen molar-refractivity contribution in [2.24, 2.45) is 11.5 Å². The van der Waals surface area contributed by atoms with E-state index in [9.17, 15) is 29.4 Å². The largest absolute Gasteiger partial charge is 0.480 e. The molecule has 3 rings (SSSR count). The summed E-state index contributed by atoms with van der Waals surface area (Å²) in [6, 6.07) is 11.7. The Labute approximate surface area is 244 Å². The van der Waals surface area contributed by atoms with Crippen molar-refractivity contribution >= 4 is 34.6 Å². The number of amides is 3. The number of carboxylic acid groups (broad SMARTS) is 1. The van der Waals surface area contributed by atoms with Gasteiger partial charge in [-0.3, -0.25) is 14.4 Å². The van der Waals surface area contributed by atoms with Gasteiger partial charge in [0, 0.05) is 29.9 Å². The number of aromatic nitrogens is 1. The molecule has 0 aliphatic heterocycles. The average molecular weight is 581 g/mol. The molecule has 0 radical (unpaired) electrons. The smallest absolute Gasteiger partial charge is 0.326 e. The normalized spacial score (nSPS) is 14.8. The standard InChI is InChI=1S/C30H40N6O6/c1-18(37)26(32)29(40)36-25(16-20-17-33-22-12-6-5-11-21(20)22)28(39)35-24(15-19-9-3-2-4-10-19)27(38)34-23(30(41)42)13-7-8-14-31/h2-6,9-12,17-18,23-26,33,37H,7-8,13-16,31-32H2,1H3,(H,34,38)(H,35,39)(H,36,40)(H,41,42). The Balaban J connectivity index is 1.87. The zero-order valence-electron chi connectivity index (χ0n) is 23.6. The third kappa shape index (κ3) is 9.13. The molecular formula is C30H40N6O6. The molecule has 2 aromatic carbocycles. The number of aliphatic hydroxyl groups is 1. The zero-order valence-corrected chi connectivity index (χ0v) is 23.6. The number of aliphatic hydroxyl groups excluding tert-OH is 1. The Kier molecular flexibility index (Phi) is 12.0. The van der Waals surface area contributed by atoms with E-state index in [0.717, 1.165) is 22.0 Å². The summed E-state index contributed by atoms with van der Waals surface area (Å²) in [4.78, 5) is 54.9. The fraction of sp³-hybridized carbons (Fsp3) is 0.400. The molecule has 5 unspecified atom stereocenters. The molecular weight excluding hydrogens is 540 g/mol. The molecule has 0 saturated heterocycles. The number of aromatic amines is 1. The van der Waals surface area contributed by atoms with Gasteiger partial charge in [-0.15, -0.1) is 0 Å². The van der Waals surface area contributed by atoms with Crippen LogP contribution in [0.2, 0.25) is 0 Å². The third-order valence-corrected chi connectivity index (χ3v) is 7.03. The second-order valence-electron chi connectivity index (χ2n) is 10.3. The van der Waals surface area contributed by atoms with Gasteiger partial charge in [-0.05, 0) is 49.9 Å². The summed E-state index contributed by atoms with van der Waals surface area (Å²) in [5, 5.41) is 28.2. The third-order valence-electron chi connectivity index (χ3n) is 7.03. The molecule has 0 fully saturated rings. The summed E-state index contributed by atoms with van der Waals surface area (Å²) in [7, 11) is 0. The SMILES string of the molecule is CC(O)C(N)C(=O)NC(Cc1c[nH]c2ccccc12)C(=O)NC(Cc1ccccc1)C(=O)NC(CCCCN)C(=O)O. The van der Waals surface area contributed by atoms with Crippen molar-refractivity contribution in [1.29, 1.82) is 0 Å². The van der Waals surface area contributed by atoms with Crippen molar-refractivity contribution in [2.45, 2.75) is 69.3 Å². The van der Waals surface area contributed by atoms with Gasteiger partial charge < -0.3 is 42.6 Å². The Morgan fingerprint density at radius 3 is 2.07 bits per heavy atom. The van der Waals surface area contributed by atoms with Crippen molar-refractivity contribution in [2.75, 3.05) is 6.54 Å². The van der Waals surface area contributed by atoms with Crippen LogP contribution in [0.1, 0.15) is 37.3 Å². The first-order chi connectivity index (χ1) is 20.1. The van der Waals surface area contributed by atoms with Crippen LogP contribution < -0.4 is 27.4 Å². The highest BCUT2D eigenvalue weighted by Gasteiger charge is 2.31. The van der Waals surface area contributed by atoms with E-state index in [4.69, 9.17) is 11.5 Å². The summed E-state index contributed by atoms with van der Waals surface area (Å²) in [5.74, 6) is -3.27. The van der Waals surface area contributed by atoms with E-state index in [1.165, 1.54) is 6.92 Å². The van der Waals surface area contributed by atoms with Crippen LogP contribution in [0, 0.1) is 0 Å². The summed E-state index contributed by atoms with van der Waals surface area (Å²) >= 11 is 0. The molecule has 42 heavy (non-hydrogen) atoms. The van der Waals surface area contributed by atoms with Gasteiger partial charge in [-0.1, -0.05) is 48.5 Å². The second kappa shape index (κ2) is 15.7. The van der Waals surface area contributed by atoms with Crippen molar-refractivity contribution in [3.8, 4) is 0 Å². The number of carboxylic acids is 1. The lowest BCUT2D eigenvalue weighted by molar-refractivity contribution is -0.142. The number of nitrogens with two attached hydrogens (primary N) is 2. The summed E-state index contributed by atoms with van der Waals surface area (Å²) in [6.45, 7) is 1.76. The summed E-state index contributed by atoms with van der Waals surface area (Å²) in [6.07, 6.45) is 2.00. The first-order valence-electron chi connectivity index (χ1n) is 14.0. The average Bonchev–Trinajstić information content (AvgIpc) is 3.38.